The maximum absolute atomic E-state index is 12.9. The summed E-state index contributed by atoms with van der Waals surface area (Å²) in [4.78, 5) is 8.63. The van der Waals surface area contributed by atoms with E-state index in [1.165, 1.54) is 6.39 Å². The smallest absolute Gasteiger partial charge is 0.416 e. The predicted molar refractivity (Wildman–Crippen MR) is 126 cm³/mol. The molecular formula is C23H29F3N6OS. The van der Waals surface area contributed by atoms with Gasteiger partial charge in [-0.15, -0.1) is 10.2 Å². The molecule has 2 aromatic heterocycles. The van der Waals surface area contributed by atoms with Crippen molar-refractivity contribution in [2.75, 3.05) is 37.0 Å². The van der Waals surface area contributed by atoms with Crippen LogP contribution in [0.15, 0.2) is 40.2 Å². The zero-order chi connectivity index (χ0) is 24.5. The quantitative estimate of drug-likeness (QED) is 0.335. The Morgan fingerprint density at radius 1 is 1.12 bits per heavy atom. The summed E-state index contributed by atoms with van der Waals surface area (Å²) < 4.78 is 46.1. The Kier molecular flexibility index (Phi) is 6.95. The number of oxazole rings is 1. The summed E-state index contributed by atoms with van der Waals surface area (Å²) in [7, 11) is 1.91. The monoisotopic (exact) mass is 494 g/mol. The standard InChI is InChI=1S/C23H29F3N6OS/c1-16-19(33-14-27-16)20-28-29-21(30(20)4)34-11-5-10-31-12-22(2,3)13-32(15-31)18-8-6-17(7-9-18)23(24,25)26/h6-9,14H,5,10-13,15H2,1-4H3. The number of aromatic nitrogens is 4. The van der Waals surface area contributed by atoms with Crippen molar-refractivity contribution in [1.29, 1.82) is 0 Å². The van der Waals surface area contributed by atoms with Crippen LogP contribution in [0.4, 0.5) is 18.9 Å². The number of rotatable bonds is 7. The van der Waals surface area contributed by atoms with Gasteiger partial charge in [0.2, 0.25) is 5.82 Å². The number of halogens is 3. The predicted octanol–water partition coefficient (Wildman–Crippen LogP) is 5.09. The highest BCUT2D eigenvalue weighted by atomic mass is 32.2. The molecular weight excluding hydrogens is 465 g/mol. The molecule has 4 rings (SSSR count). The van der Waals surface area contributed by atoms with Crippen LogP contribution in [0.1, 0.15) is 31.5 Å². The summed E-state index contributed by atoms with van der Waals surface area (Å²) in [6, 6.07) is 5.46. The fourth-order valence-electron chi connectivity index (χ4n) is 4.30. The lowest BCUT2D eigenvalue weighted by atomic mass is 9.90. The summed E-state index contributed by atoms with van der Waals surface area (Å²) in [5, 5.41) is 9.34. The van der Waals surface area contributed by atoms with Crippen LogP contribution in [0.3, 0.4) is 0 Å². The molecule has 7 nitrogen and oxygen atoms in total. The van der Waals surface area contributed by atoms with Crippen molar-refractivity contribution in [1.82, 2.24) is 24.6 Å². The van der Waals surface area contributed by atoms with E-state index in [0.717, 1.165) is 60.5 Å². The summed E-state index contributed by atoms with van der Waals surface area (Å²) >= 11 is 1.64. The number of aryl methyl sites for hydroxylation is 1. The number of hydrogen-bond acceptors (Lipinski definition) is 7. The van der Waals surface area contributed by atoms with Gasteiger partial charge in [0, 0.05) is 38.1 Å². The Labute approximate surface area is 201 Å². The molecule has 0 aliphatic carbocycles. The first-order valence-electron chi connectivity index (χ1n) is 11.1. The van der Waals surface area contributed by atoms with Crippen LogP contribution in [0.2, 0.25) is 0 Å². The summed E-state index contributed by atoms with van der Waals surface area (Å²) in [6.07, 6.45) is -1.97. The molecule has 34 heavy (non-hydrogen) atoms. The van der Waals surface area contributed by atoms with Crippen molar-refractivity contribution in [3.8, 4) is 11.6 Å². The fourth-order valence-corrected chi connectivity index (χ4v) is 5.14. The molecule has 0 spiro atoms. The minimum atomic E-state index is -4.32. The number of hydrogen-bond donors (Lipinski definition) is 0. The summed E-state index contributed by atoms with van der Waals surface area (Å²) in [6.45, 7) is 9.57. The number of alkyl halides is 3. The van der Waals surface area contributed by atoms with Gasteiger partial charge in [-0.05, 0) is 43.0 Å². The Hall–Kier alpha value is -2.53. The fraction of sp³-hybridized carbons (Fsp3) is 0.522. The molecule has 184 valence electrons. The van der Waals surface area contributed by atoms with Gasteiger partial charge in [0.05, 0.1) is 17.9 Å². The van der Waals surface area contributed by atoms with Crippen molar-refractivity contribution < 1.29 is 17.6 Å². The first kappa shape index (κ1) is 24.6. The van der Waals surface area contributed by atoms with Crippen molar-refractivity contribution in [2.45, 2.75) is 38.5 Å². The van der Waals surface area contributed by atoms with Crippen LogP contribution in [0, 0.1) is 12.3 Å². The SMILES string of the molecule is Cc1ncoc1-c1nnc(SCCCN2CN(c3ccc(C(F)(F)F)cc3)CC(C)(C)C2)n1C. The van der Waals surface area contributed by atoms with Crippen LogP contribution in [-0.4, -0.2) is 56.7 Å². The van der Waals surface area contributed by atoms with E-state index in [1.807, 2.05) is 18.5 Å². The highest BCUT2D eigenvalue weighted by Crippen LogP contribution is 2.33. The lowest BCUT2D eigenvalue weighted by Crippen LogP contribution is -2.53. The second kappa shape index (κ2) is 9.61. The first-order chi connectivity index (χ1) is 16.0. The zero-order valence-electron chi connectivity index (χ0n) is 19.8. The molecule has 3 aromatic rings. The van der Waals surface area contributed by atoms with Gasteiger partial charge in [0.25, 0.3) is 0 Å². The molecule has 1 aliphatic rings. The third-order valence-corrected chi connectivity index (χ3v) is 6.94. The molecule has 0 radical (unpaired) electrons. The van der Waals surface area contributed by atoms with Crippen LogP contribution in [0.5, 0.6) is 0 Å². The van der Waals surface area contributed by atoms with Crippen molar-refractivity contribution in [3.63, 3.8) is 0 Å². The van der Waals surface area contributed by atoms with Gasteiger partial charge in [-0.1, -0.05) is 25.6 Å². The van der Waals surface area contributed by atoms with Gasteiger partial charge in [0.15, 0.2) is 17.3 Å². The molecule has 0 unspecified atom stereocenters. The van der Waals surface area contributed by atoms with E-state index >= 15 is 0 Å². The van der Waals surface area contributed by atoms with Crippen molar-refractivity contribution >= 4 is 17.4 Å². The van der Waals surface area contributed by atoms with Gasteiger partial charge in [-0.2, -0.15) is 13.2 Å². The average molecular weight is 495 g/mol. The van der Waals surface area contributed by atoms with Gasteiger partial charge in [0.1, 0.15) is 0 Å². The average Bonchev–Trinajstić information content (AvgIpc) is 3.34. The normalized spacial score (nSPS) is 16.9. The Morgan fingerprint density at radius 2 is 1.85 bits per heavy atom. The second-order valence-corrected chi connectivity index (χ2v) is 10.5. The number of nitrogens with zero attached hydrogens (tertiary/aromatic N) is 6. The van der Waals surface area contributed by atoms with Gasteiger partial charge in [-0.3, -0.25) is 4.90 Å². The molecule has 0 atom stereocenters. The third kappa shape index (κ3) is 5.57. The van der Waals surface area contributed by atoms with E-state index in [9.17, 15) is 13.2 Å². The summed E-state index contributed by atoms with van der Waals surface area (Å²) in [5.41, 5.74) is 1.00. The maximum atomic E-state index is 12.9. The van der Waals surface area contributed by atoms with E-state index in [1.54, 1.807) is 23.9 Å². The van der Waals surface area contributed by atoms with Crippen LogP contribution < -0.4 is 4.90 Å². The number of benzene rings is 1. The minimum Gasteiger partial charge on any atom is -0.440 e. The first-order valence-corrected chi connectivity index (χ1v) is 12.1. The van der Waals surface area contributed by atoms with Gasteiger partial charge >= 0.3 is 6.18 Å². The van der Waals surface area contributed by atoms with Crippen LogP contribution in [-0.2, 0) is 13.2 Å². The topological polar surface area (TPSA) is 63.2 Å². The Balaban J connectivity index is 1.32. The lowest BCUT2D eigenvalue weighted by Gasteiger charge is -2.45. The Morgan fingerprint density at radius 3 is 2.50 bits per heavy atom. The zero-order valence-corrected chi connectivity index (χ0v) is 20.6. The summed E-state index contributed by atoms with van der Waals surface area (Å²) in [5.74, 6) is 2.15. The molecule has 1 aliphatic heterocycles. The van der Waals surface area contributed by atoms with Crippen molar-refractivity contribution in [2.24, 2.45) is 12.5 Å². The van der Waals surface area contributed by atoms with Crippen LogP contribution in [0.25, 0.3) is 11.6 Å². The van der Waals surface area contributed by atoms with Crippen molar-refractivity contribution in [3.05, 3.63) is 41.9 Å². The van der Waals surface area contributed by atoms with E-state index in [-0.39, 0.29) is 5.41 Å². The highest BCUT2D eigenvalue weighted by Gasteiger charge is 2.33. The van der Waals surface area contributed by atoms with E-state index in [2.05, 4.69) is 38.8 Å². The highest BCUT2D eigenvalue weighted by molar-refractivity contribution is 7.99. The third-order valence-electron chi connectivity index (χ3n) is 5.83. The molecule has 1 fully saturated rings. The second-order valence-electron chi connectivity index (χ2n) is 9.43. The molecule has 0 amide bonds. The molecule has 3 heterocycles. The Bertz CT molecular complexity index is 1110. The maximum Gasteiger partial charge on any atom is 0.416 e. The molecule has 1 aromatic carbocycles. The van der Waals surface area contributed by atoms with E-state index in [4.69, 9.17) is 4.42 Å². The molecule has 11 heteroatoms. The molecule has 0 N–H and O–H groups in total. The van der Waals surface area contributed by atoms with Crippen LogP contribution >= 0.6 is 11.8 Å². The van der Waals surface area contributed by atoms with E-state index < -0.39 is 11.7 Å². The van der Waals surface area contributed by atoms with Gasteiger partial charge < -0.3 is 13.9 Å². The molecule has 1 saturated heterocycles. The molecule has 0 saturated carbocycles. The van der Waals surface area contributed by atoms with E-state index in [0.29, 0.717) is 18.3 Å². The largest absolute Gasteiger partial charge is 0.440 e. The number of thioether (sulfide) groups is 1. The lowest BCUT2D eigenvalue weighted by molar-refractivity contribution is -0.137. The minimum absolute atomic E-state index is 0.0293. The number of anilines is 1. The molecule has 0 bridgehead atoms. The van der Waals surface area contributed by atoms with Gasteiger partial charge in [-0.25, -0.2) is 4.98 Å².